The molecule has 0 atom stereocenters. The maximum atomic E-state index is 12.3. The van der Waals surface area contributed by atoms with Gasteiger partial charge in [0.2, 0.25) is 0 Å². The summed E-state index contributed by atoms with van der Waals surface area (Å²) >= 11 is 0. The number of rotatable bonds is 2. The molecule has 5 nitrogen and oxygen atoms in total. The zero-order valence-electron chi connectivity index (χ0n) is 10.5. The number of carbonyl (C=O) groups excluding carboxylic acids is 2. The summed E-state index contributed by atoms with van der Waals surface area (Å²) < 4.78 is 0. The fraction of sp³-hybridized carbons (Fsp3) is 0.133. The van der Waals surface area contributed by atoms with Gasteiger partial charge in [0, 0.05) is 11.1 Å². The molecule has 0 fully saturated rings. The van der Waals surface area contributed by atoms with Crippen LogP contribution in [0.1, 0.15) is 23.2 Å². The molecule has 0 aromatic heterocycles. The molecule has 0 bridgehead atoms. The van der Waals surface area contributed by atoms with Crippen LogP contribution in [0, 0.1) is 0 Å². The summed E-state index contributed by atoms with van der Waals surface area (Å²) in [5.41, 5.74) is 1.02. The standard InChI is InChI=1S/C15H11NO4/c17-13-9-5-1-2-6-10(9)14(18)16(13)12-8-4-3-7-11(12)15(19)20/h1-4,7-8H,5-6H2,(H,19,20). The normalized spacial score (nSPS) is 17.7. The van der Waals surface area contributed by atoms with Crippen LogP contribution in [0.3, 0.4) is 0 Å². The Kier molecular flexibility index (Phi) is 2.75. The molecule has 1 aliphatic heterocycles. The number of imide groups is 1. The van der Waals surface area contributed by atoms with Gasteiger partial charge in [-0.25, -0.2) is 9.69 Å². The van der Waals surface area contributed by atoms with Crippen molar-refractivity contribution in [3.63, 3.8) is 0 Å². The fourth-order valence-corrected chi connectivity index (χ4v) is 2.51. The number of anilines is 1. The van der Waals surface area contributed by atoms with Crippen LogP contribution in [0.4, 0.5) is 5.69 Å². The summed E-state index contributed by atoms with van der Waals surface area (Å²) in [6.07, 6.45) is 4.53. The maximum Gasteiger partial charge on any atom is 0.337 e. The molecule has 0 saturated heterocycles. The van der Waals surface area contributed by atoms with E-state index < -0.39 is 17.8 Å². The summed E-state index contributed by atoms with van der Waals surface area (Å²) in [6.45, 7) is 0. The quantitative estimate of drug-likeness (QED) is 0.657. The van der Waals surface area contributed by atoms with E-state index in [4.69, 9.17) is 0 Å². The number of benzene rings is 1. The van der Waals surface area contributed by atoms with Crippen LogP contribution >= 0.6 is 0 Å². The molecule has 100 valence electrons. The number of nitrogens with zero attached hydrogens (tertiary/aromatic N) is 1. The first kappa shape index (κ1) is 12.3. The van der Waals surface area contributed by atoms with E-state index in [1.807, 2.05) is 12.2 Å². The molecular weight excluding hydrogens is 258 g/mol. The average molecular weight is 269 g/mol. The van der Waals surface area contributed by atoms with Crippen LogP contribution in [0.5, 0.6) is 0 Å². The molecule has 0 radical (unpaired) electrons. The Morgan fingerprint density at radius 2 is 1.55 bits per heavy atom. The van der Waals surface area contributed by atoms with Crippen molar-refractivity contribution in [3.8, 4) is 0 Å². The molecule has 0 spiro atoms. The molecule has 1 aromatic carbocycles. The van der Waals surface area contributed by atoms with Crippen LogP contribution in [-0.4, -0.2) is 22.9 Å². The van der Waals surface area contributed by atoms with Gasteiger partial charge in [-0.1, -0.05) is 24.3 Å². The second kappa shape index (κ2) is 4.45. The van der Waals surface area contributed by atoms with Crippen molar-refractivity contribution in [2.45, 2.75) is 12.8 Å². The predicted molar refractivity (Wildman–Crippen MR) is 71.3 cm³/mol. The van der Waals surface area contributed by atoms with Gasteiger partial charge in [0.05, 0.1) is 11.3 Å². The number of carboxylic acids is 1. The minimum absolute atomic E-state index is 0.0537. The molecule has 3 rings (SSSR count). The molecule has 2 aliphatic rings. The third-order valence-electron chi connectivity index (χ3n) is 3.47. The fourth-order valence-electron chi connectivity index (χ4n) is 2.51. The van der Waals surface area contributed by atoms with Gasteiger partial charge in [-0.15, -0.1) is 0 Å². The van der Waals surface area contributed by atoms with E-state index >= 15 is 0 Å². The lowest BCUT2D eigenvalue weighted by Gasteiger charge is -2.17. The zero-order valence-corrected chi connectivity index (χ0v) is 10.5. The SMILES string of the molecule is O=C(O)c1ccccc1N1C(=O)C2=C(CC=CC2)C1=O. The Morgan fingerprint density at radius 3 is 2.10 bits per heavy atom. The highest BCUT2D eigenvalue weighted by atomic mass is 16.4. The molecule has 5 heteroatoms. The van der Waals surface area contributed by atoms with Gasteiger partial charge < -0.3 is 5.11 Å². The second-order valence-electron chi connectivity index (χ2n) is 4.60. The highest BCUT2D eigenvalue weighted by Crippen LogP contribution is 2.34. The lowest BCUT2D eigenvalue weighted by molar-refractivity contribution is -0.120. The molecule has 0 saturated carbocycles. The smallest absolute Gasteiger partial charge is 0.337 e. The number of hydrogen-bond donors (Lipinski definition) is 1. The summed E-state index contributed by atoms with van der Waals surface area (Å²) in [6, 6.07) is 6.03. The summed E-state index contributed by atoms with van der Waals surface area (Å²) in [5, 5.41) is 9.18. The Balaban J connectivity index is 2.08. The Morgan fingerprint density at radius 1 is 1.00 bits per heavy atom. The molecule has 1 aromatic rings. The van der Waals surface area contributed by atoms with E-state index in [0.29, 0.717) is 24.0 Å². The monoisotopic (exact) mass is 269 g/mol. The van der Waals surface area contributed by atoms with E-state index in [1.54, 1.807) is 12.1 Å². The van der Waals surface area contributed by atoms with E-state index in [1.165, 1.54) is 12.1 Å². The zero-order chi connectivity index (χ0) is 14.3. The van der Waals surface area contributed by atoms with Gasteiger partial charge in [0.25, 0.3) is 11.8 Å². The largest absolute Gasteiger partial charge is 0.478 e. The van der Waals surface area contributed by atoms with Gasteiger partial charge in [-0.3, -0.25) is 9.59 Å². The third-order valence-corrected chi connectivity index (χ3v) is 3.47. The first-order valence-corrected chi connectivity index (χ1v) is 6.19. The number of allylic oxidation sites excluding steroid dienone is 2. The first-order valence-electron chi connectivity index (χ1n) is 6.19. The van der Waals surface area contributed by atoms with E-state index in [-0.39, 0.29) is 11.3 Å². The topological polar surface area (TPSA) is 74.7 Å². The van der Waals surface area contributed by atoms with E-state index in [2.05, 4.69) is 0 Å². The van der Waals surface area contributed by atoms with Crippen LogP contribution in [0.25, 0.3) is 0 Å². The van der Waals surface area contributed by atoms with Crippen LogP contribution in [0.2, 0.25) is 0 Å². The average Bonchev–Trinajstić information content (AvgIpc) is 2.71. The van der Waals surface area contributed by atoms with Crippen molar-refractivity contribution < 1.29 is 19.5 Å². The van der Waals surface area contributed by atoms with Gasteiger partial charge >= 0.3 is 5.97 Å². The van der Waals surface area contributed by atoms with Gasteiger partial charge in [-0.05, 0) is 25.0 Å². The van der Waals surface area contributed by atoms with Gasteiger partial charge in [-0.2, -0.15) is 0 Å². The van der Waals surface area contributed by atoms with E-state index in [0.717, 1.165) is 4.90 Å². The number of carbonyl (C=O) groups is 3. The molecule has 20 heavy (non-hydrogen) atoms. The Hall–Kier alpha value is -2.69. The van der Waals surface area contributed by atoms with Crippen molar-refractivity contribution >= 4 is 23.5 Å². The van der Waals surface area contributed by atoms with E-state index in [9.17, 15) is 19.5 Å². The van der Waals surface area contributed by atoms with Crippen LogP contribution in [-0.2, 0) is 9.59 Å². The molecule has 1 N–H and O–H groups in total. The molecule has 1 heterocycles. The summed E-state index contributed by atoms with van der Waals surface area (Å²) in [5.74, 6) is -1.99. The molecule has 1 aliphatic carbocycles. The summed E-state index contributed by atoms with van der Waals surface area (Å²) in [7, 11) is 0. The number of carboxylic acid groups (broad SMARTS) is 1. The Bertz CT molecular complexity index is 670. The molecule has 0 unspecified atom stereocenters. The lowest BCUT2D eigenvalue weighted by Crippen LogP contribution is -2.32. The number of aromatic carboxylic acids is 1. The highest BCUT2D eigenvalue weighted by Gasteiger charge is 2.40. The van der Waals surface area contributed by atoms with Gasteiger partial charge in [0.15, 0.2) is 0 Å². The second-order valence-corrected chi connectivity index (χ2v) is 4.60. The number of amides is 2. The predicted octanol–water partition coefficient (Wildman–Crippen LogP) is 1.90. The van der Waals surface area contributed by atoms with Crippen molar-refractivity contribution in [2.24, 2.45) is 0 Å². The molecular formula is C15H11NO4. The van der Waals surface area contributed by atoms with Crippen molar-refractivity contribution in [1.29, 1.82) is 0 Å². The van der Waals surface area contributed by atoms with Crippen LogP contribution in [0.15, 0.2) is 47.6 Å². The minimum Gasteiger partial charge on any atom is -0.478 e. The molecule has 2 amide bonds. The van der Waals surface area contributed by atoms with Crippen LogP contribution < -0.4 is 4.90 Å². The highest BCUT2D eigenvalue weighted by molar-refractivity contribution is 6.34. The van der Waals surface area contributed by atoms with Crippen molar-refractivity contribution in [1.82, 2.24) is 0 Å². The van der Waals surface area contributed by atoms with Crippen molar-refractivity contribution in [2.75, 3.05) is 4.90 Å². The maximum absolute atomic E-state index is 12.3. The lowest BCUT2D eigenvalue weighted by atomic mass is 9.99. The Labute approximate surface area is 114 Å². The number of para-hydroxylation sites is 1. The van der Waals surface area contributed by atoms with Gasteiger partial charge in [0.1, 0.15) is 0 Å². The first-order chi connectivity index (χ1) is 9.61. The summed E-state index contributed by atoms with van der Waals surface area (Å²) in [4.78, 5) is 36.9. The minimum atomic E-state index is -1.16. The number of hydrogen-bond acceptors (Lipinski definition) is 3. The van der Waals surface area contributed by atoms with Crippen molar-refractivity contribution in [3.05, 3.63) is 53.1 Å². The third kappa shape index (κ3) is 1.67.